The molecule has 2 aliphatic rings. The number of carboxylic acids is 1. The monoisotopic (exact) mass is 306 g/mol. The lowest BCUT2D eigenvalue weighted by Crippen LogP contribution is -2.45. The number of rotatable bonds is 5. The number of hydrogen-bond donors (Lipinski definition) is 1. The van der Waals surface area contributed by atoms with Gasteiger partial charge in [0.15, 0.2) is 0 Å². The van der Waals surface area contributed by atoms with Crippen molar-refractivity contribution in [3.8, 4) is 0 Å². The van der Waals surface area contributed by atoms with Crippen LogP contribution in [0.1, 0.15) is 24.8 Å². The molecule has 7 nitrogen and oxygen atoms in total. The first-order valence-electron chi connectivity index (χ1n) is 7.82. The standard InChI is InChI=1S/C15H22N4O3/c20-14(21)7-13-11-22-6-5-19(13)10-12-8-16-15(17-9-12)18-3-1-2-4-18/h8-9,13H,1-7,10-11H2,(H,20,21). The van der Waals surface area contributed by atoms with Crippen LogP contribution in [-0.4, -0.2) is 64.8 Å². The minimum Gasteiger partial charge on any atom is -0.481 e. The highest BCUT2D eigenvalue weighted by Crippen LogP contribution is 2.17. The molecule has 0 saturated carbocycles. The van der Waals surface area contributed by atoms with E-state index in [9.17, 15) is 4.79 Å². The number of ether oxygens (including phenoxy) is 1. The Bertz CT molecular complexity index is 502. The van der Waals surface area contributed by atoms with Crippen molar-refractivity contribution < 1.29 is 14.6 Å². The second kappa shape index (κ2) is 7.02. The molecule has 1 atom stereocenters. The highest BCUT2D eigenvalue weighted by Gasteiger charge is 2.25. The largest absolute Gasteiger partial charge is 0.481 e. The molecule has 0 radical (unpaired) electrons. The Balaban J connectivity index is 1.62. The number of carboxylic acid groups (broad SMARTS) is 1. The van der Waals surface area contributed by atoms with Crippen molar-refractivity contribution in [1.82, 2.24) is 14.9 Å². The zero-order valence-electron chi connectivity index (χ0n) is 12.6. The van der Waals surface area contributed by atoms with Gasteiger partial charge in [0.05, 0.1) is 19.6 Å². The number of morpholine rings is 1. The van der Waals surface area contributed by atoms with Crippen molar-refractivity contribution >= 4 is 11.9 Å². The Morgan fingerprint density at radius 2 is 2.00 bits per heavy atom. The van der Waals surface area contributed by atoms with Gasteiger partial charge in [0.1, 0.15) is 0 Å². The second-order valence-electron chi connectivity index (χ2n) is 5.88. The lowest BCUT2D eigenvalue weighted by Gasteiger charge is -2.34. The van der Waals surface area contributed by atoms with E-state index in [1.807, 2.05) is 12.4 Å². The number of nitrogens with zero attached hydrogens (tertiary/aromatic N) is 4. The average Bonchev–Trinajstić information content (AvgIpc) is 3.04. The molecule has 2 fully saturated rings. The second-order valence-corrected chi connectivity index (χ2v) is 5.88. The molecular formula is C15H22N4O3. The maximum atomic E-state index is 10.9. The minimum atomic E-state index is -0.791. The molecule has 0 bridgehead atoms. The molecular weight excluding hydrogens is 284 g/mol. The summed E-state index contributed by atoms with van der Waals surface area (Å²) in [5, 5.41) is 8.99. The van der Waals surface area contributed by atoms with Crippen LogP contribution in [0, 0.1) is 0 Å². The van der Waals surface area contributed by atoms with Crippen molar-refractivity contribution in [1.29, 1.82) is 0 Å². The molecule has 120 valence electrons. The summed E-state index contributed by atoms with van der Waals surface area (Å²) < 4.78 is 5.39. The number of hydrogen-bond acceptors (Lipinski definition) is 6. The van der Waals surface area contributed by atoms with Gasteiger partial charge in [-0.25, -0.2) is 9.97 Å². The van der Waals surface area contributed by atoms with Crippen LogP contribution in [0.4, 0.5) is 5.95 Å². The van der Waals surface area contributed by atoms with E-state index in [4.69, 9.17) is 9.84 Å². The first-order valence-corrected chi connectivity index (χ1v) is 7.82. The molecule has 2 aliphatic heterocycles. The third-order valence-electron chi connectivity index (χ3n) is 4.23. The van der Waals surface area contributed by atoms with Crippen molar-refractivity contribution in [3.63, 3.8) is 0 Å². The van der Waals surface area contributed by atoms with Crippen LogP contribution in [0.2, 0.25) is 0 Å². The van der Waals surface area contributed by atoms with Gasteiger partial charge in [-0.15, -0.1) is 0 Å². The molecule has 1 aromatic heterocycles. The Labute approximate surface area is 129 Å². The van der Waals surface area contributed by atoms with Crippen LogP contribution in [-0.2, 0) is 16.1 Å². The summed E-state index contributed by atoms with van der Waals surface area (Å²) in [6.07, 6.45) is 6.22. The summed E-state index contributed by atoms with van der Waals surface area (Å²) in [7, 11) is 0. The fraction of sp³-hybridized carbons (Fsp3) is 0.667. The fourth-order valence-corrected chi connectivity index (χ4v) is 3.03. The van der Waals surface area contributed by atoms with E-state index in [2.05, 4.69) is 19.8 Å². The van der Waals surface area contributed by atoms with E-state index >= 15 is 0 Å². The molecule has 22 heavy (non-hydrogen) atoms. The van der Waals surface area contributed by atoms with Crippen LogP contribution in [0.15, 0.2) is 12.4 Å². The van der Waals surface area contributed by atoms with E-state index in [0.29, 0.717) is 19.8 Å². The Morgan fingerprint density at radius 3 is 2.68 bits per heavy atom. The molecule has 7 heteroatoms. The van der Waals surface area contributed by atoms with E-state index in [1.165, 1.54) is 12.8 Å². The van der Waals surface area contributed by atoms with Crippen molar-refractivity contribution in [2.75, 3.05) is 37.7 Å². The quantitative estimate of drug-likeness (QED) is 0.860. The molecule has 0 aliphatic carbocycles. The van der Waals surface area contributed by atoms with Crippen molar-refractivity contribution in [3.05, 3.63) is 18.0 Å². The van der Waals surface area contributed by atoms with Gasteiger partial charge < -0.3 is 14.7 Å². The summed E-state index contributed by atoms with van der Waals surface area (Å²) in [6.45, 7) is 4.59. The predicted molar refractivity (Wildman–Crippen MR) is 80.7 cm³/mol. The first-order chi connectivity index (χ1) is 10.7. The van der Waals surface area contributed by atoms with Gasteiger partial charge in [-0.3, -0.25) is 9.69 Å². The van der Waals surface area contributed by atoms with Gasteiger partial charge in [0, 0.05) is 50.2 Å². The number of carbonyl (C=O) groups is 1. The maximum absolute atomic E-state index is 10.9. The SMILES string of the molecule is O=C(O)CC1COCCN1Cc1cnc(N2CCCC2)nc1. The lowest BCUT2D eigenvalue weighted by molar-refractivity contribution is -0.140. The van der Waals surface area contributed by atoms with Crippen LogP contribution >= 0.6 is 0 Å². The summed E-state index contributed by atoms with van der Waals surface area (Å²) in [4.78, 5) is 24.2. The van der Waals surface area contributed by atoms with Gasteiger partial charge in [-0.05, 0) is 12.8 Å². The van der Waals surface area contributed by atoms with E-state index in [1.54, 1.807) is 0 Å². The van der Waals surface area contributed by atoms with Crippen LogP contribution in [0.3, 0.4) is 0 Å². The zero-order valence-corrected chi connectivity index (χ0v) is 12.6. The first kappa shape index (κ1) is 15.2. The molecule has 0 spiro atoms. The Morgan fingerprint density at radius 1 is 1.27 bits per heavy atom. The molecule has 0 amide bonds. The Kier molecular flexibility index (Phi) is 4.84. The van der Waals surface area contributed by atoms with Gasteiger partial charge in [0.25, 0.3) is 0 Å². The van der Waals surface area contributed by atoms with Crippen molar-refractivity contribution in [2.24, 2.45) is 0 Å². The van der Waals surface area contributed by atoms with E-state index < -0.39 is 5.97 Å². The molecule has 1 aromatic rings. The minimum absolute atomic E-state index is 0.0792. The van der Waals surface area contributed by atoms with Crippen LogP contribution in [0.5, 0.6) is 0 Å². The lowest BCUT2D eigenvalue weighted by atomic mass is 10.1. The number of anilines is 1. The van der Waals surface area contributed by atoms with Gasteiger partial charge in [-0.1, -0.05) is 0 Å². The smallest absolute Gasteiger partial charge is 0.305 e. The maximum Gasteiger partial charge on any atom is 0.305 e. The normalized spacial score (nSPS) is 22.9. The van der Waals surface area contributed by atoms with Gasteiger partial charge >= 0.3 is 5.97 Å². The number of aliphatic carboxylic acids is 1. The van der Waals surface area contributed by atoms with E-state index in [0.717, 1.165) is 31.1 Å². The van der Waals surface area contributed by atoms with Crippen LogP contribution < -0.4 is 4.90 Å². The van der Waals surface area contributed by atoms with Crippen LogP contribution in [0.25, 0.3) is 0 Å². The summed E-state index contributed by atoms with van der Waals surface area (Å²) in [6, 6.07) is -0.0792. The van der Waals surface area contributed by atoms with Gasteiger partial charge in [-0.2, -0.15) is 0 Å². The third kappa shape index (κ3) is 3.72. The highest BCUT2D eigenvalue weighted by molar-refractivity contribution is 5.67. The average molecular weight is 306 g/mol. The molecule has 3 rings (SSSR count). The number of aromatic nitrogens is 2. The molecule has 1 N–H and O–H groups in total. The zero-order chi connectivity index (χ0) is 15.4. The molecule has 1 unspecified atom stereocenters. The molecule has 3 heterocycles. The topological polar surface area (TPSA) is 78.8 Å². The Hall–Kier alpha value is -1.73. The van der Waals surface area contributed by atoms with E-state index in [-0.39, 0.29) is 12.5 Å². The van der Waals surface area contributed by atoms with Gasteiger partial charge in [0.2, 0.25) is 5.95 Å². The molecule has 2 saturated heterocycles. The highest BCUT2D eigenvalue weighted by atomic mass is 16.5. The summed E-state index contributed by atoms with van der Waals surface area (Å²) in [5.74, 6) is 0.00597. The summed E-state index contributed by atoms with van der Waals surface area (Å²) >= 11 is 0. The summed E-state index contributed by atoms with van der Waals surface area (Å²) in [5.41, 5.74) is 1.01. The third-order valence-corrected chi connectivity index (χ3v) is 4.23. The van der Waals surface area contributed by atoms with Crippen molar-refractivity contribution in [2.45, 2.75) is 31.8 Å². The molecule has 0 aromatic carbocycles. The predicted octanol–water partition coefficient (Wildman–Crippen LogP) is 0.752. The fourth-order valence-electron chi connectivity index (χ4n) is 3.03.